The summed E-state index contributed by atoms with van der Waals surface area (Å²) in [5.41, 5.74) is 3.28. The molecule has 3 aromatic rings. The largest absolute Gasteiger partial charge is 0.493 e. The molecule has 1 aromatic heterocycles. The monoisotopic (exact) mass is 448 g/mol. The second kappa shape index (κ2) is 8.31. The summed E-state index contributed by atoms with van der Waals surface area (Å²) in [5, 5.41) is 7.47. The van der Waals surface area contributed by atoms with Crippen LogP contribution in [0.2, 0.25) is 0 Å². The quantitative estimate of drug-likeness (QED) is 0.436. The second-order valence-corrected chi connectivity index (χ2v) is 9.38. The molecule has 1 amide bonds. The van der Waals surface area contributed by atoms with Crippen molar-refractivity contribution in [3.05, 3.63) is 75.7 Å². The van der Waals surface area contributed by atoms with Crippen LogP contribution in [0.5, 0.6) is 11.5 Å². The third-order valence-electron chi connectivity index (χ3n) is 6.02. The predicted octanol–water partition coefficient (Wildman–Crippen LogP) is 4.95. The maximum Gasteiger partial charge on any atom is 0.343 e. The van der Waals surface area contributed by atoms with Crippen LogP contribution >= 0.6 is 11.3 Å². The molecule has 6 nitrogen and oxygen atoms in total. The van der Waals surface area contributed by atoms with Gasteiger partial charge >= 0.3 is 5.97 Å². The van der Waals surface area contributed by atoms with Crippen molar-refractivity contribution in [1.82, 2.24) is 5.32 Å². The topological polar surface area (TPSA) is 76.7 Å². The van der Waals surface area contributed by atoms with Gasteiger partial charge in [-0.15, -0.1) is 11.3 Å². The van der Waals surface area contributed by atoms with Crippen LogP contribution in [0.25, 0.3) is 0 Å². The van der Waals surface area contributed by atoms with E-state index in [1.54, 1.807) is 47.7 Å². The molecule has 0 saturated carbocycles. The van der Waals surface area contributed by atoms with Crippen LogP contribution in [0.4, 0.5) is 5.00 Å². The fourth-order valence-corrected chi connectivity index (χ4v) is 5.75. The van der Waals surface area contributed by atoms with Crippen molar-refractivity contribution in [3.63, 3.8) is 0 Å². The first kappa shape index (κ1) is 20.6. The van der Waals surface area contributed by atoms with E-state index in [0.29, 0.717) is 23.0 Å². The Kier molecular flexibility index (Phi) is 5.35. The van der Waals surface area contributed by atoms with Crippen molar-refractivity contribution in [3.8, 4) is 11.5 Å². The van der Waals surface area contributed by atoms with Crippen molar-refractivity contribution < 1.29 is 19.1 Å². The molecule has 2 N–H and O–H groups in total. The van der Waals surface area contributed by atoms with Crippen LogP contribution in [-0.4, -0.2) is 19.0 Å². The first-order valence-electron chi connectivity index (χ1n) is 10.7. The SMILES string of the molecule is COc1cc([C@H]2NC(=O)c3c(sc4c3CC[C@@H](C)C4)N2)ccc1OC(=O)c1ccccc1. The van der Waals surface area contributed by atoms with Gasteiger partial charge < -0.3 is 20.1 Å². The highest BCUT2D eigenvalue weighted by atomic mass is 32.1. The van der Waals surface area contributed by atoms with E-state index in [-0.39, 0.29) is 12.1 Å². The van der Waals surface area contributed by atoms with E-state index in [2.05, 4.69) is 17.6 Å². The molecule has 1 aliphatic heterocycles. The van der Waals surface area contributed by atoms with E-state index in [9.17, 15) is 9.59 Å². The number of hydrogen-bond acceptors (Lipinski definition) is 6. The number of carbonyl (C=O) groups is 2. The average molecular weight is 449 g/mol. The number of ether oxygens (including phenoxy) is 2. The minimum absolute atomic E-state index is 0.0469. The molecule has 0 radical (unpaired) electrons. The number of methoxy groups -OCH3 is 1. The van der Waals surface area contributed by atoms with Crippen molar-refractivity contribution in [2.75, 3.05) is 12.4 Å². The maximum atomic E-state index is 13.0. The van der Waals surface area contributed by atoms with Gasteiger partial charge in [-0.25, -0.2) is 4.79 Å². The van der Waals surface area contributed by atoms with E-state index >= 15 is 0 Å². The van der Waals surface area contributed by atoms with E-state index in [1.165, 1.54) is 17.6 Å². The zero-order valence-corrected chi connectivity index (χ0v) is 18.8. The van der Waals surface area contributed by atoms with Gasteiger partial charge in [-0.3, -0.25) is 4.79 Å². The number of nitrogens with one attached hydrogen (secondary N) is 2. The molecule has 1 aliphatic carbocycles. The van der Waals surface area contributed by atoms with Crippen LogP contribution in [0, 0.1) is 5.92 Å². The number of amides is 1. The molecule has 2 atom stereocenters. The van der Waals surface area contributed by atoms with E-state index in [4.69, 9.17) is 9.47 Å². The van der Waals surface area contributed by atoms with Crippen LogP contribution in [0.15, 0.2) is 48.5 Å². The standard InChI is InChI=1S/C25H24N2O4S/c1-14-8-10-17-20(12-14)32-24-21(17)23(28)26-22(27-24)16-9-11-18(19(13-16)30-2)31-25(29)15-6-4-3-5-7-15/h3-7,9,11,13-14,22,27H,8,10,12H2,1-2H3,(H,26,28)/t14-,22+/m1/s1. The number of anilines is 1. The number of thiophene rings is 1. The summed E-state index contributed by atoms with van der Waals surface area (Å²) in [7, 11) is 1.53. The third kappa shape index (κ3) is 3.73. The van der Waals surface area contributed by atoms with Gasteiger partial charge in [-0.1, -0.05) is 31.2 Å². The number of carbonyl (C=O) groups excluding carboxylic acids is 2. The van der Waals surface area contributed by atoms with Crippen molar-refractivity contribution in [2.24, 2.45) is 5.92 Å². The van der Waals surface area contributed by atoms with Gasteiger partial charge in [-0.2, -0.15) is 0 Å². The Morgan fingerprint density at radius 1 is 1.09 bits per heavy atom. The Hall–Kier alpha value is -3.32. The molecule has 0 unspecified atom stereocenters. The van der Waals surface area contributed by atoms with E-state index in [1.807, 2.05) is 12.1 Å². The molecule has 7 heteroatoms. The highest BCUT2D eigenvalue weighted by molar-refractivity contribution is 7.16. The summed E-state index contributed by atoms with van der Waals surface area (Å²) in [6.45, 7) is 2.26. The first-order chi connectivity index (χ1) is 15.5. The summed E-state index contributed by atoms with van der Waals surface area (Å²) in [6, 6.07) is 14.1. The van der Waals surface area contributed by atoms with Gasteiger partial charge in [0.2, 0.25) is 0 Å². The minimum atomic E-state index is -0.455. The molecule has 2 aliphatic rings. The first-order valence-corrected chi connectivity index (χ1v) is 11.5. The lowest BCUT2D eigenvalue weighted by Crippen LogP contribution is -2.38. The molecule has 0 fully saturated rings. The van der Waals surface area contributed by atoms with Gasteiger partial charge in [0.1, 0.15) is 11.2 Å². The number of rotatable bonds is 4. The average Bonchev–Trinajstić information content (AvgIpc) is 3.17. The molecular weight excluding hydrogens is 424 g/mol. The number of benzene rings is 2. The molecule has 164 valence electrons. The van der Waals surface area contributed by atoms with Crippen LogP contribution in [0.3, 0.4) is 0 Å². The number of esters is 1. The molecule has 0 bridgehead atoms. The molecule has 0 saturated heterocycles. The fraction of sp³-hybridized carbons (Fsp3) is 0.280. The maximum absolute atomic E-state index is 13.0. The summed E-state index contributed by atoms with van der Waals surface area (Å²) < 4.78 is 11.0. The Morgan fingerprint density at radius 3 is 2.69 bits per heavy atom. The highest BCUT2D eigenvalue weighted by Gasteiger charge is 2.33. The molecule has 5 rings (SSSR count). The number of hydrogen-bond donors (Lipinski definition) is 2. The Morgan fingerprint density at radius 2 is 1.91 bits per heavy atom. The van der Waals surface area contributed by atoms with Crippen LogP contribution in [-0.2, 0) is 12.8 Å². The molecule has 2 heterocycles. The van der Waals surface area contributed by atoms with Gasteiger partial charge in [-0.05, 0) is 60.6 Å². The normalized spacial score (nSPS) is 19.2. The Balaban J connectivity index is 1.39. The second-order valence-electron chi connectivity index (χ2n) is 8.27. The van der Waals surface area contributed by atoms with Crippen LogP contribution < -0.4 is 20.1 Å². The Bertz CT molecular complexity index is 1190. The minimum Gasteiger partial charge on any atom is -0.493 e. The summed E-state index contributed by atoms with van der Waals surface area (Å²) in [5.74, 6) is 0.899. The van der Waals surface area contributed by atoms with E-state index < -0.39 is 5.97 Å². The van der Waals surface area contributed by atoms with Gasteiger partial charge in [0.05, 0.1) is 18.2 Å². The molecule has 0 spiro atoms. The zero-order valence-electron chi connectivity index (χ0n) is 17.9. The molecule has 32 heavy (non-hydrogen) atoms. The summed E-state index contributed by atoms with van der Waals surface area (Å²) >= 11 is 1.69. The lowest BCUT2D eigenvalue weighted by molar-refractivity contribution is 0.0729. The van der Waals surface area contributed by atoms with E-state index in [0.717, 1.165) is 35.4 Å². The van der Waals surface area contributed by atoms with Crippen molar-refractivity contribution in [2.45, 2.75) is 32.4 Å². The molecule has 2 aromatic carbocycles. The van der Waals surface area contributed by atoms with Crippen molar-refractivity contribution in [1.29, 1.82) is 0 Å². The van der Waals surface area contributed by atoms with Gasteiger partial charge in [0, 0.05) is 4.88 Å². The summed E-state index contributed by atoms with van der Waals surface area (Å²) in [6.07, 6.45) is 2.72. The number of fused-ring (bicyclic) bond motifs is 3. The van der Waals surface area contributed by atoms with Crippen molar-refractivity contribution >= 4 is 28.2 Å². The lowest BCUT2D eigenvalue weighted by Gasteiger charge is -2.27. The molecular formula is C25H24N2O4S. The van der Waals surface area contributed by atoms with Gasteiger partial charge in [0.15, 0.2) is 11.5 Å². The third-order valence-corrected chi connectivity index (χ3v) is 7.21. The highest BCUT2D eigenvalue weighted by Crippen LogP contribution is 2.43. The Labute approximate surface area is 190 Å². The zero-order chi connectivity index (χ0) is 22.2. The fourth-order valence-electron chi connectivity index (χ4n) is 4.31. The summed E-state index contributed by atoms with van der Waals surface area (Å²) in [4.78, 5) is 26.7. The smallest absolute Gasteiger partial charge is 0.343 e. The van der Waals surface area contributed by atoms with Crippen LogP contribution in [0.1, 0.15) is 56.2 Å². The predicted molar refractivity (Wildman–Crippen MR) is 124 cm³/mol. The van der Waals surface area contributed by atoms with Gasteiger partial charge in [0.25, 0.3) is 5.91 Å². The lowest BCUT2D eigenvalue weighted by atomic mass is 9.88.